The maximum absolute atomic E-state index is 13.7. The van der Waals surface area contributed by atoms with E-state index in [0.29, 0.717) is 0 Å². The second kappa shape index (κ2) is 6.46. The molecule has 1 aliphatic rings. The van der Waals surface area contributed by atoms with Gasteiger partial charge in [-0.2, -0.15) is 0 Å². The van der Waals surface area contributed by atoms with Crippen molar-refractivity contribution in [2.24, 2.45) is 0 Å². The van der Waals surface area contributed by atoms with Crippen LogP contribution in [0.25, 0.3) is 0 Å². The highest BCUT2D eigenvalue weighted by Crippen LogP contribution is 2.46. The van der Waals surface area contributed by atoms with E-state index in [0.717, 1.165) is 7.11 Å². The summed E-state index contributed by atoms with van der Waals surface area (Å²) in [4.78, 5) is 9.19. The summed E-state index contributed by atoms with van der Waals surface area (Å²) in [6.07, 6.45) is -3.96. The Labute approximate surface area is 107 Å². The predicted molar refractivity (Wildman–Crippen MR) is 62.1 cm³/mol. The lowest BCUT2D eigenvalue weighted by molar-refractivity contribution is -0.0473. The van der Waals surface area contributed by atoms with Crippen molar-refractivity contribution >= 4 is 15.7 Å². The average Bonchev–Trinajstić information content (AvgIpc) is 2.54. The molecule has 2 radical (unpaired) electrons. The van der Waals surface area contributed by atoms with Crippen LogP contribution in [0.3, 0.4) is 0 Å². The van der Waals surface area contributed by atoms with E-state index in [-0.39, 0.29) is 12.7 Å². The standard InChI is InChI=1S/C9H17BFO6P/c1-5(2)15-4-6-8(7(11)9(10)16-6)17-18(12,13)14-3/h5-9H,4H2,1-3H3,(H,12,13)/t6-,7-,8-,9-/m1/s1. The third-order valence-corrected chi connectivity index (χ3v) is 3.38. The molecule has 1 rings (SSSR count). The summed E-state index contributed by atoms with van der Waals surface area (Å²) in [6, 6.07) is -1.22. The van der Waals surface area contributed by atoms with Gasteiger partial charge in [-0.3, -0.25) is 9.05 Å². The van der Waals surface area contributed by atoms with Gasteiger partial charge in [0.25, 0.3) is 0 Å². The molecule has 1 unspecified atom stereocenters. The smallest absolute Gasteiger partial charge is 0.376 e. The third-order valence-electron chi connectivity index (χ3n) is 2.41. The van der Waals surface area contributed by atoms with Crippen LogP contribution in [0.4, 0.5) is 4.39 Å². The Morgan fingerprint density at radius 3 is 2.67 bits per heavy atom. The SMILES string of the molecule is [B][C@@H]1O[C@H](COC(C)C)[C@@H](OP(=O)(O)OC)[C@H]1F. The zero-order valence-corrected chi connectivity index (χ0v) is 11.4. The van der Waals surface area contributed by atoms with Gasteiger partial charge in [0, 0.05) is 7.11 Å². The van der Waals surface area contributed by atoms with E-state index < -0.39 is 32.2 Å². The van der Waals surface area contributed by atoms with Gasteiger partial charge in [0.05, 0.1) is 18.7 Å². The summed E-state index contributed by atoms with van der Waals surface area (Å²) >= 11 is 0. The molecule has 0 aromatic rings. The molecule has 104 valence electrons. The Bertz CT molecular complexity index is 317. The van der Waals surface area contributed by atoms with Crippen LogP contribution < -0.4 is 0 Å². The van der Waals surface area contributed by atoms with Crippen LogP contribution in [0.2, 0.25) is 0 Å². The van der Waals surface area contributed by atoms with Gasteiger partial charge in [-0.25, -0.2) is 8.96 Å². The van der Waals surface area contributed by atoms with Gasteiger partial charge >= 0.3 is 7.82 Å². The highest BCUT2D eigenvalue weighted by atomic mass is 31.2. The first-order valence-electron chi connectivity index (χ1n) is 5.50. The third kappa shape index (κ3) is 4.29. The van der Waals surface area contributed by atoms with Gasteiger partial charge in [0.1, 0.15) is 26.2 Å². The van der Waals surface area contributed by atoms with E-state index in [1.807, 2.05) is 0 Å². The lowest BCUT2D eigenvalue weighted by atomic mass is 9.94. The zero-order chi connectivity index (χ0) is 13.9. The first-order valence-corrected chi connectivity index (χ1v) is 7.00. The Balaban J connectivity index is 2.67. The number of hydrogen-bond donors (Lipinski definition) is 1. The fourth-order valence-electron chi connectivity index (χ4n) is 1.49. The summed E-state index contributed by atoms with van der Waals surface area (Å²) in [5.41, 5.74) is 0. The molecule has 18 heavy (non-hydrogen) atoms. The van der Waals surface area contributed by atoms with E-state index in [1.165, 1.54) is 0 Å². The molecule has 1 saturated heterocycles. The Morgan fingerprint density at radius 2 is 2.17 bits per heavy atom. The normalized spacial score (nSPS) is 35.9. The molecular weight excluding hydrogens is 265 g/mol. The van der Waals surface area contributed by atoms with Crippen LogP contribution in [0.15, 0.2) is 0 Å². The summed E-state index contributed by atoms with van der Waals surface area (Å²) in [6.45, 7) is 3.60. The summed E-state index contributed by atoms with van der Waals surface area (Å²) in [5, 5.41) is 0. The van der Waals surface area contributed by atoms with Crippen molar-refractivity contribution in [2.75, 3.05) is 13.7 Å². The fraction of sp³-hybridized carbons (Fsp3) is 1.00. The molecule has 0 spiro atoms. The number of halogens is 1. The van der Waals surface area contributed by atoms with Crippen LogP contribution in [0.1, 0.15) is 13.8 Å². The molecular formula is C9H17BFO6P. The highest BCUT2D eigenvalue weighted by molar-refractivity contribution is 7.47. The van der Waals surface area contributed by atoms with Crippen LogP contribution in [-0.4, -0.2) is 56.9 Å². The monoisotopic (exact) mass is 282 g/mol. The van der Waals surface area contributed by atoms with Gasteiger partial charge in [-0.1, -0.05) is 0 Å². The molecule has 0 amide bonds. The molecule has 6 nitrogen and oxygen atoms in total. The van der Waals surface area contributed by atoms with Gasteiger partial charge in [0.15, 0.2) is 0 Å². The maximum Gasteiger partial charge on any atom is 0.472 e. The van der Waals surface area contributed by atoms with Crippen molar-refractivity contribution < 1.29 is 32.4 Å². The molecule has 5 atom stereocenters. The van der Waals surface area contributed by atoms with E-state index in [4.69, 9.17) is 21.8 Å². The quantitative estimate of drug-likeness (QED) is 0.573. The second-order valence-electron chi connectivity index (χ2n) is 4.19. The van der Waals surface area contributed by atoms with Gasteiger partial charge < -0.3 is 14.4 Å². The maximum atomic E-state index is 13.7. The molecule has 1 heterocycles. The molecule has 0 aromatic heterocycles. The van der Waals surface area contributed by atoms with Crippen LogP contribution >= 0.6 is 7.82 Å². The molecule has 1 aliphatic heterocycles. The summed E-state index contributed by atoms with van der Waals surface area (Å²) in [7, 11) is 2.07. The molecule has 1 N–H and O–H groups in total. The van der Waals surface area contributed by atoms with Crippen molar-refractivity contribution in [1.82, 2.24) is 0 Å². The van der Waals surface area contributed by atoms with Crippen LogP contribution in [-0.2, 0) is 23.1 Å². The Morgan fingerprint density at radius 1 is 1.56 bits per heavy atom. The molecule has 1 fully saturated rings. The molecule has 0 saturated carbocycles. The van der Waals surface area contributed by atoms with E-state index in [1.54, 1.807) is 13.8 Å². The first kappa shape index (κ1) is 16.1. The molecule has 0 aromatic carbocycles. The van der Waals surface area contributed by atoms with Gasteiger partial charge in [-0.15, -0.1) is 0 Å². The van der Waals surface area contributed by atoms with E-state index in [9.17, 15) is 13.8 Å². The van der Waals surface area contributed by atoms with E-state index in [2.05, 4.69) is 4.52 Å². The minimum absolute atomic E-state index is 0.0141. The van der Waals surface area contributed by atoms with Crippen LogP contribution in [0, 0.1) is 0 Å². The lowest BCUT2D eigenvalue weighted by Crippen LogP contribution is -2.34. The van der Waals surface area contributed by atoms with Crippen molar-refractivity contribution in [3.05, 3.63) is 0 Å². The van der Waals surface area contributed by atoms with Crippen molar-refractivity contribution in [1.29, 1.82) is 0 Å². The first-order chi connectivity index (χ1) is 8.26. The van der Waals surface area contributed by atoms with Gasteiger partial charge in [-0.05, 0) is 13.8 Å². The minimum atomic E-state index is -4.30. The largest absolute Gasteiger partial charge is 0.472 e. The second-order valence-corrected chi connectivity index (χ2v) is 5.70. The number of phosphoric acid groups is 1. The Kier molecular flexibility index (Phi) is 5.77. The predicted octanol–water partition coefficient (Wildman–Crippen LogP) is 0.775. The average molecular weight is 282 g/mol. The number of ether oxygens (including phenoxy) is 2. The highest BCUT2D eigenvalue weighted by Gasteiger charge is 2.46. The minimum Gasteiger partial charge on any atom is -0.376 e. The van der Waals surface area contributed by atoms with Gasteiger partial charge in [0.2, 0.25) is 0 Å². The number of hydrogen-bond acceptors (Lipinski definition) is 5. The van der Waals surface area contributed by atoms with Crippen molar-refractivity contribution in [2.45, 2.75) is 44.3 Å². The number of alkyl halides is 1. The summed E-state index contributed by atoms with van der Waals surface area (Å²) in [5.74, 6) is 0. The molecule has 0 aliphatic carbocycles. The summed E-state index contributed by atoms with van der Waals surface area (Å²) < 4.78 is 44.3. The molecule has 0 bridgehead atoms. The number of phosphoric ester groups is 1. The topological polar surface area (TPSA) is 74.2 Å². The van der Waals surface area contributed by atoms with Crippen molar-refractivity contribution in [3.8, 4) is 0 Å². The van der Waals surface area contributed by atoms with E-state index >= 15 is 0 Å². The fourth-order valence-corrected chi connectivity index (χ4v) is 2.14. The number of rotatable bonds is 6. The lowest BCUT2D eigenvalue weighted by Gasteiger charge is -2.22. The molecule has 9 heteroatoms. The van der Waals surface area contributed by atoms with Crippen LogP contribution in [0.5, 0.6) is 0 Å². The zero-order valence-electron chi connectivity index (χ0n) is 10.5. The Hall–Kier alpha value is 0.0249. The van der Waals surface area contributed by atoms with Crippen molar-refractivity contribution in [3.63, 3.8) is 0 Å².